The molecular formula is C13H20Cl2N2. The zero-order chi connectivity index (χ0) is 12.7. The van der Waals surface area contributed by atoms with Gasteiger partial charge in [-0.05, 0) is 25.5 Å². The van der Waals surface area contributed by atoms with Crippen molar-refractivity contribution in [3.05, 3.63) is 28.0 Å². The lowest BCUT2D eigenvalue weighted by Crippen LogP contribution is -2.23. The number of hydrogen-bond donors (Lipinski definition) is 1. The maximum absolute atomic E-state index is 6.20. The maximum atomic E-state index is 6.20. The number of hydrogen-bond acceptors (Lipinski definition) is 2. The summed E-state index contributed by atoms with van der Waals surface area (Å²) in [5.41, 5.74) is 0.915. The van der Waals surface area contributed by atoms with E-state index >= 15 is 0 Å². The molecule has 0 aliphatic rings. The Labute approximate surface area is 114 Å². The first-order valence-corrected chi connectivity index (χ1v) is 6.99. The van der Waals surface area contributed by atoms with Crippen molar-refractivity contribution in [2.24, 2.45) is 0 Å². The molecule has 1 atom stereocenters. The summed E-state index contributed by atoms with van der Waals surface area (Å²) >= 11 is 12.1. The summed E-state index contributed by atoms with van der Waals surface area (Å²) in [6.07, 6.45) is 6.17. The Kier molecular flexibility index (Phi) is 6.86. The number of nitrogens with one attached hydrogen (secondary N) is 1. The second-order valence-electron chi connectivity index (χ2n) is 4.17. The molecular weight excluding hydrogens is 255 g/mol. The normalized spacial score (nSPS) is 12.7. The molecule has 0 fully saturated rings. The van der Waals surface area contributed by atoms with Crippen molar-refractivity contribution in [1.82, 2.24) is 10.3 Å². The Morgan fingerprint density at radius 1 is 1.29 bits per heavy atom. The van der Waals surface area contributed by atoms with E-state index in [0.29, 0.717) is 10.0 Å². The molecule has 0 amide bonds. The Balaban J connectivity index is 2.79. The van der Waals surface area contributed by atoms with Crippen molar-refractivity contribution >= 4 is 23.2 Å². The van der Waals surface area contributed by atoms with Gasteiger partial charge in [0.15, 0.2) is 0 Å². The first-order chi connectivity index (χ1) is 8.19. The van der Waals surface area contributed by atoms with E-state index in [0.717, 1.165) is 25.1 Å². The molecule has 1 N–H and O–H groups in total. The van der Waals surface area contributed by atoms with Crippen molar-refractivity contribution < 1.29 is 0 Å². The topological polar surface area (TPSA) is 24.9 Å². The predicted molar refractivity (Wildman–Crippen MR) is 74.8 cm³/mol. The van der Waals surface area contributed by atoms with E-state index < -0.39 is 0 Å². The Morgan fingerprint density at radius 3 is 2.65 bits per heavy atom. The van der Waals surface area contributed by atoms with Crippen LogP contribution >= 0.6 is 23.2 Å². The number of aromatic nitrogens is 1. The molecule has 1 aromatic rings. The third-order valence-electron chi connectivity index (χ3n) is 2.65. The molecule has 0 aliphatic carbocycles. The van der Waals surface area contributed by atoms with Crippen LogP contribution in [0.1, 0.15) is 51.3 Å². The smallest absolute Gasteiger partial charge is 0.0760 e. The number of rotatable bonds is 7. The van der Waals surface area contributed by atoms with Crippen molar-refractivity contribution in [1.29, 1.82) is 0 Å². The van der Waals surface area contributed by atoms with E-state index in [1.165, 1.54) is 12.8 Å². The van der Waals surface area contributed by atoms with Crippen molar-refractivity contribution in [3.63, 3.8) is 0 Å². The first-order valence-electron chi connectivity index (χ1n) is 6.23. The fourth-order valence-corrected chi connectivity index (χ4v) is 2.26. The third kappa shape index (κ3) is 4.82. The van der Waals surface area contributed by atoms with Gasteiger partial charge >= 0.3 is 0 Å². The summed E-state index contributed by atoms with van der Waals surface area (Å²) in [6, 6.07) is 2.00. The highest BCUT2D eigenvalue weighted by atomic mass is 35.5. The summed E-state index contributed by atoms with van der Waals surface area (Å²) in [5.74, 6) is 0. The molecule has 1 heterocycles. The molecule has 1 aromatic heterocycles. The molecule has 1 rings (SSSR count). The second kappa shape index (κ2) is 7.91. The molecule has 17 heavy (non-hydrogen) atoms. The largest absolute Gasteiger partial charge is 0.309 e. The molecule has 96 valence electrons. The Morgan fingerprint density at radius 2 is 2.06 bits per heavy atom. The fraction of sp³-hybridized carbons (Fsp3) is 0.615. The number of pyridine rings is 1. The van der Waals surface area contributed by atoms with Crippen molar-refractivity contribution in [3.8, 4) is 0 Å². The predicted octanol–water partition coefficient (Wildman–Crippen LogP) is 4.62. The highest BCUT2D eigenvalue weighted by Crippen LogP contribution is 2.26. The van der Waals surface area contributed by atoms with Crippen molar-refractivity contribution in [2.75, 3.05) is 6.54 Å². The standard InChI is InChI=1S/C13H20Cl2N2/c1-3-5-6-12(16-7-4-2)13-11(15)8-10(14)9-17-13/h8-9,12,16H,3-7H2,1-2H3. The van der Waals surface area contributed by atoms with Gasteiger partial charge in [0.25, 0.3) is 0 Å². The third-order valence-corrected chi connectivity index (χ3v) is 3.16. The van der Waals surface area contributed by atoms with Gasteiger partial charge in [0.05, 0.1) is 21.8 Å². The van der Waals surface area contributed by atoms with Crippen LogP contribution in [-0.4, -0.2) is 11.5 Å². The Bertz CT molecular complexity index is 334. The van der Waals surface area contributed by atoms with Gasteiger partial charge in [-0.25, -0.2) is 0 Å². The minimum absolute atomic E-state index is 0.236. The van der Waals surface area contributed by atoms with Crippen LogP contribution in [0, 0.1) is 0 Å². The van der Waals surface area contributed by atoms with Crippen LogP contribution in [-0.2, 0) is 0 Å². The van der Waals surface area contributed by atoms with E-state index in [4.69, 9.17) is 23.2 Å². The van der Waals surface area contributed by atoms with Crippen LogP contribution in [0.4, 0.5) is 0 Å². The summed E-state index contributed by atoms with van der Waals surface area (Å²) in [7, 11) is 0. The van der Waals surface area contributed by atoms with E-state index in [1.54, 1.807) is 12.3 Å². The zero-order valence-electron chi connectivity index (χ0n) is 10.5. The lowest BCUT2D eigenvalue weighted by atomic mass is 10.1. The molecule has 0 saturated heterocycles. The number of unbranched alkanes of at least 4 members (excludes halogenated alkanes) is 1. The van der Waals surface area contributed by atoms with E-state index in [9.17, 15) is 0 Å². The van der Waals surface area contributed by atoms with E-state index in [1.807, 2.05) is 0 Å². The monoisotopic (exact) mass is 274 g/mol. The van der Waals surface area contributed by atoms with Gasteiger partial charge < -0.3 is 5.32 Å². The fourth-order valence-electron chi connectivity index (χ4n) is 1.74. The van der Waals surface area contributed by atoms with Gasteiger partial charge in [-0.3, -0.25) is 4.98 Å². The number of halogens is 2. The quantitative estimate of drug-likeness (QED) is 0.785. The van der Waals surface area contributed by atoms with Gasteiger partial charge in [0.1, 0.15) is 0 Å². The van der Waals surface area contributed by atoms with Crippen molar-refractivity contribution in [2.45, 2.75) is 45.6 Å². The SMILES string of the molecule is CCCCC(NCCC)c1ncc(Cl)cc1Cl. The van der Waals surface area contributed by atoms with Crippen LogP contribution in [0.15, 0.2) is 12.3 Å². The molecule has 0 aliphatic heterocycles. The van der Waals surface area contributed by atoms with E-state index in [2.05, 4.69) is 24.1 Å². The number of nitrogens with zero attached hydrogens (tertiary/aromatic N) is 1. The molecule has 4 heteroatoms. The average molecular weight is 275 g/mol. The van der Waals surface area contributed by atoms with Gasteiger partial charge in [0, 0.05) is 6.20 Å². The van der Waals surface area contributed by atoms with Gasteiger partial charge in [0.2, 0.25) is 0 Å². The molecule has 0 bridgehead atoms. The minimum Gasteiger partial charge on any atom is -0.309 e. The molecule has 0 saturated carbocycles. The first kappa shape index (κ1) is 14.7. The highest BCUT2D eigenvalue weighted by molar-refractivity contribution is 6.34. The van der Waals surface area contributed by atoms with Crippen LogP contribution in [0.3, 0.4) is 0 Å². The lowest BCUT2D eigenvalue weighted by Gasteiger charge is -2.18. The van der Waals surface area contributed by atoms with E-state index in [-0.39, 0.29) is 6.04 Å². The summed E-state index contributed by atoms with van der Waals surface area (Å²) in [6.45, 7) is 5.32. The Hall–Kier alpha value is -0.310. The molecule has 0 spiro atoms. The summed E-state index contributed by atoms with van der Waals surface area (Å²) < 4.78 is 0. The van der Waals surface area contributed by atoms with Crippen LogP contribution in [0.25, 0.3) is 0 Å². The van der Waals surface area contributed by atoms with Crippen LogP contribution in [0.5, 0.6) is 0 Å². The lowest BCUT2D eigenvalue weighted by molar-refractivity contribution is 0.472. The summed E-state index contributed by atoms with van der Waals surface area (Å²) in [4.78, 5) is 4.36. The highest BCUT2D eigenvalue weighted by Gasteiger charge is 2.15. The van der Waals surface area contributed by atoms with Crippen LogP contribution < -0.4 is 5.32 Å². The zero-order valence-corrected chi connectivity index (χ0v) is 12.0. The maximum Gasteiger partial charge on any atom is 0.0760 e. The molecule has 1 unspecified atom stereocenters. The average Bonchev–Trinajstić information content (AvgIpc) is 2.30. The van der Waals surface area contributed by atoms with Crippen LogP contribution in [0.2, 0.25) is 10.0 Å². The molecule has 2 nitrogen and oxygen atoms in total. The van der Waals surface area contributed by atoms with Gasteiger partial charge in [-0.2, -0.15) is 0 Å². The molecule has 0 radical (unpaired) electrons. The van der Waals surface area contributed by atoms with Gasteiger partial charge in [-0.1, -0.05) is 49.9 Å². The second-order valence-corrected chi connectivity index (χ2v) is 5.01. The minimum atomic E-state index is 0.236. The molecule has 0 aromatic carbocycles. The van der Waals surface area contributed by atoms with Gasteiger partial charge in [-0.15, -0.1) is 0 Å². The summed E-state index contributed by atoms with van der Waals surface area (Å²) in [5, 5.41) is 4.73.